The summed E-state index contributed by atoms with van der Waals surface area (Å²) >= 11 is 0. The van der Waals surface area contributed by atoms with Crippen molar-refractivity contribution in [1.82, 2.24) is 10.2 Å². The van der Waals surface area contributed by atoms with Crippen LogP contribution < -0.4 is 5.32 Å². The Labute approximate surface area is 88.8 Å². The molecule has 0 aliphatic carbocycles. The minimum absolute atomic E-state index is 0.0663. The van der Waals surface area contributed by atoms with E-state index in [1.54, 1.807) is 0 Å². The average Bonchev–Trinajstić information content (AvgIpc) is 2.57. The highest BCUT2D eigenvalue weighted by Gasteiger charge is 2.35. The molecule has 2 rings (SSSR count). The third kappa shape index (κ3) is 2.28. The maximum atomic E-state index is 11.3. The smallest absolute Gasteiger partial charge is 0.324 e. The monoisotopic (exact) mass is 212 g/mol. The highest BCUT2D eigenvalue weighted by atomic mass is 16.5. The van der Waals surface area contributed by atoms with Gasteiger partial charge >= 0.3 is 6.03 Å². The fourth-order valence-electron chi connectivity index (χ4n) is 2.08. The number of ether oxygens (including phenoxy) is 1. The molecule has 0 saturated carbocycles. The lowest BCUT2D eigenvalue weighted by Gasteiger charge is -2.22. The Morgan fingerprint density at radius 2 is 2.27 bits per heavy atom. The molecule has 2 fully saturated rings. The van der Waals surface area contributed by atoms with Crippen molar-refractivity contribution < 1.29 is 14.3 Å². The van der Waals surface area contributed by atoms with Gasteiger partial charge in [-0.05, 0) is 26.7 Å². The molecule has 0 radical (unpaired) electrons. The van der Waals surface area contributed by atoms with Gasteiger partial charge in [0.25, 0.3) is 0 Å². The Morgan fingerprint density at radius 3 is 2.73 bits per heavy atom. The van der Waals surface area contributed by atoms with Crippen LogP contribution >= 0.6 is 0 Å². The standard InChI is InChI=1S/C10H16N2O3/c1-10(2)4-3-7(15-10)5-12-6-8(13)11-9(12)14/h7H,3-6H2,1-2H3,(H,11,13,14). The van der Waals surface area contributed by atoms with E-state index >= 15 is 0 Å². The fourth-order valence-corrected chi connectivity index (χ4v) is 2.08. The lowest BCUT2D eigenvalue weighted by Crippen LogP contribution is -2.36. The number of urea groups is 1. The molecular formula is C10H16N2O3. The number of carbonyl (C=O) groups excluding carboxylic acids is 2. The average molecular weight is 212 g/mol. The maximum absolute atomic E-state index is 11.3. The number of nitrogens with zero attached hydrogens (tertiary/aromatic N) is 1. The van der Waals surface area contributed by atoms with Gasteiger partial charge in [-0.15, -0.1) is 0 Å². The summed E-state index contributed by atoms with van der Waals surface area (Å²) in [6.45, 7) is 4.77. The van der Waals surface area contributed by atoms with Crippen LogP contribution in [0.15, 0.2) is 0 Å². The molecule has 15 heavy (non-hydrogen) atoms. The van der Waals surface area contributed by atoms with Crippen molar-refractivity contribution in [3.8, 4) is 0 Å². The van der Waals surface area contributed by atoms with Crippen LogP contribution in [-0.4, -0.2) is 41.6 Å². The van der Waals surface area contributed by atoms with Gasteiger partial charge in [0, 0.05) is 6.54 Å². The van der Waals surface area contributed by atoms with Crippen molar-refractivity contribution in [1.29, 1.82) is 0 Å². The van der Waals surface area contributed by atoms with Gasteiger partial charge < -0.3 is 9.64 Å². The maximum Gasteiger partial charge on any atom is 0.324 e. The van der Waals surface area contributed by atoms with Gasteiger partial charge in [0.15, 0.2) is 0 Å². The van der Waals surface area contributed by atoms with Crippen molar-refractivity contribution in [2.75, 3.05) is 13.1 Å². The van der Waals surface area contributed by atoms with E-state index in [0.29, 0.717) is 6.54 Å². The predicted octanol–water partition coefficient (Wildman–Crippen LogP) is 0.496. The van der Waals surface area contributed by atoms with E-state index in [2.05, 4.69) is 5.32 Å². The SMILES string of the molecule is CC1(C)CCC(CN2CC(=O)NC2=O)O1. The van der Waals surface area contributed by atoms with Gasteiger partial charge in [-0.25, -0.2) is 4.79 Å². The zero-order valence-electron chi connectivity index (χ0n) is 9.08. The third-order valence-corrected chi connectivity index (χ3v) is 2.85. The van der Waals surface area contributed by atoms with E-state index in [4.69, 9.17) is 4.74 Å². The van der Waals surface area contributed by atoms with Gasteiger partial charge in [-0.1, -0.05) is 0 Å². The molecule has 0 spiro atoms. The Morgan fingerprint density at radius 1 is 1.53 bits per heavy atom. The molecule has 0 aromatic carbocycles. The molecule has 3 amide bonds. The van der Waals surface area contributed by atoms with Gasteiger partial charge in [-0.2, -0.15) is 0 Å². The first kappa shape index (κ1) is 10.4. The topological polar surface area (TPSA) is 58.6 Å². The van der Waals surface area contributed by atoms with Gasteiger partial charge in [0.1, 0.15) is 6.54 Å². The van der Waals surface area contributed by atoms with E-state index in [-0.39, 0.29) is 30.2 Å². The summed E-state index contributed by atoms with van der Waals surface area (Å²) in [5, 5.41) is 2.25. The number of nitrogens with one attached hydrogen (secondary N) is 1. The number of hydrogen-bond acceptors (Lipinski definition) is 3. The van der Waals surface area contributed by atoms with Gasteiger partial charge in [0.2, 0.25) is 5.91 Å². The fraction of sp³-hybridized carbons (Fsp3) is 0.800. The Kier molecular flexibility index (Phi) is 2.42. The summed E-state index contributed by atoms with van der Waals surface area (Å²) in [5.74, 6) is -0.225. The molecule has 2 saturated heterocycles. The second-order valence-corrected chi connectivity index (χ2v) is 4.77. The minimum Gasteiger partial charge on any atom is -0.371 e. The van der Waals surface area contributed by atoms with E-state index < -0.39 is 0 Å². The first-order valence-corrected chi connectivity index (χ1v) is 5.23. The number of hydrogen-bond donors (Lipinski definition) is 1. The largest absolute Gasteiger partial charge is 0.371 e. The molecule has 0 bridgehead atoms. The molecule has 1 N–H and O–H groups in total. The van der Waals surface area contributed by atoms with Crippen molar-refractivity contribution in [3.05, 3.63) is 0 Å². The zero-order valence-corrected chi connectivity index (χ0v) is 9.08. The molecule has 5 nitrogen and oxygen atoms in total. The number of amides is 3. The van der Waals surface area contributed by atoms with Gasteiger partial charge in [-0.3, -0.25) is 10.1 Å². The summed E-state index contributed by atoms with van der Waals surface area (Å²) in [6, 6.07) is -0.298. The van der Waals surface area contributed by atoms with Gasteiger partial charge in [0.05, 0.1) is 11.7 Å². The summed E-state index contributed by atoms with van der Waals surface area (Å²) in [6.07, 6.45) is 2.02. The Hall–Kier alpha value is -1.10. The minimum atomic E-state index is -0.298. The molecule has 2 aliphatic rings. The predicted molar refractivity (Wildman–Crippen MR) is 53.3 cm³/mol. The molecule has 0 aromatic rings. The number of imide groups is 1. The van der Waals surface area contributed by atoms with E-state index in [1.807, 2.05) is 13.8 Å². The quantitative estimate of drug-likeness (QED) is 0.678. The molecular weight excluding hydrogens is 196 g/mol. The summed E-state index contributed by atoms with van der Waals surface area (Å²) in [7, 11) is 0. The van der Waals surface area contributed by atoms with Crippen molar-refractivity contribution >= 4 is 11.9 Å². The summed E-state index contributed by atoms with van der Waals surface area (Å²) in [5.41, 5.74) is -0.0924. The molecule has 5 heteroatoms. The van der Waals surface area contributed by atoms with Crippen molar-refractivity contribution in [2.45, 2.75) is 38.4 Å². The second-order valence-electron chi connectivity index (χ2n) is 4.77. The third-order valence-electron chi connectivity index (χ3n) is 2.85. The van der Waals surface area contributed by atoms with Crippen LogP contribution in [0.4, 0.5) is 4.79 Å². The van der Waals surface area contributed by atoms with Crippen LogP contribution in [0.5, 0.6) is 0 Å². The second kappa shape index (κ2) is 3.48. The van der Waals surface area contributed by atoms with Crippen LogP contribution in [0.25, 0.3) is 0 Å². The normalized spacial score (nSPS) is 29.7. The molecule has 2 heterocycles. The molecule has 0 aromatic heterocycles. The van der Waals surface area contributed by atoms with Crippen LogP contribution in [0.1, 0.15) is 26.7 Å². The molecule has 84 valence electrons. The lowest BCUT2D eigenvalue weighted by atomic mass is 10.1. The summed E-state index contributed by atoms with van der Waals surface area (Å²) < 4.78 is 5.76. The zero-order chi connectivity index (χ0) is 11.1. The number of carbonyl (C=O) groups is 2. The van der Waals surface area contributed by atoms with Crippen LogP contribution in [0, 0.1) is 0 Å². The van der Waals surface area contributed by atoms with E-state index in [1.165, 1.54) is 4.90 Å². The lowest BCUT2D eigenvalue weighted by molar-refractivity contribution is -0.118. The first-order chi connectivity index (χ1) is 6.96. The van der Waals surface area contributed by atoms with E-state index in [0.717, 1.165) is 12.8 Å². The molecule has 1 atom stereocenters. The summed E-state index contributed by atoms with van der Waals surface area (Å²) in [4.78, 5) is 23.7. The van der Waals surface area contributed by atoms with Crippen molar-refractivity contribution in [3.63, 3.8) is 0 Å². The molecule has 2 aliphatic heterocycles. The Bertz CT molecular complexity index is 301. The highest BCUT2D eigenvalue weighted by Crippen LogP contribution is 2.29. The number of rotatable bonds is 2. The van der Waals surface area contributed by atoms with Crippen LogP contribution in [-0.2, 0) is 9.53 Å². The highest BCUT2D eigenvalue weighted by molar-refractivity contribution is 6.01. The first-order valence-electron chi connectivity index (χ1n) is 5.23. The van der Waals surface area contributed by atoms with E-state index in [9.17, 15) is 9.59 Å². The van der Waals surface area contributed by atoms with Crippen LogP contribution in [0.2, 0.25) is 0 Å². The van der Waals surface area contributed by atoms with Crippen LogP contribution in [0.3, 0.4) is 0 Å². The molecule has 1 unspecified atom stereocenters. The Balaban J connectivity index is 1.88. The van der Waals surface area contributed by atoms with Crippen molar-refractivity contribution in [2.24, 2.45) is 0 Å².